The summed E-state index contributed by atoms with van der Waals surface area (Å²) in [5, 5.41) is 3.39. The second-order valence-corrected chi connectivity index (χ2v) is 10.5. The van der Waals surface area contributed by atoms with Crippen LogP contribution in [0.4, 0.5) is 4.79 Å². The van der Waals surface area contributed by atoms with Crippen molar-refractivity contribution in [2.45, 2.75) is 96.2 Å². The van der Waals surface area contributed by atoms with Crippen molar-refractivity contribution in [3.05, 3.63) is 70.8 Å². The average Bonchev–Trinajstić information content (AvgIpc) is 2.77. The van der Waals surface area contributed by atoms with E-state index >= 15 is 0 Å². The van der Waals surface area contributed by atoms with Crippen molar-refractivity contribution in [3.63, 3.8) is 0 Å². The van der Waals surface area contributed by atoms with Gasteiger partial charge in [-0.2, -0.15) is 0 Å². The second-order valence-electron chi connectivity index (χ2n) is 10.5. The van der Waals surface area contributed by atoms with Crippen molar-refractivity contribution in [2.75, 3.05) is 0 Å². The van der Waals surface area contributed by atoms with Gasteiger partial charge in [-0.3, -0.25) is 0 Å². The molecule has 0 spiro atoms. The molecule has 3 heteroatoms. The topological polar surface area (TPSA) is 32.3 Å². The lowest BCUT2D eigenvalue weighted by Gasteiger charge is -2.37. The highest BCUT2D eigenvalue weighted by atomic mass is 16.2. The number of nitrogens with one attached hydrogen (secondary N) is 1. The van der Waals surface area contributed by atoms with Crippen LogP contribution in [-0.4, -0.2) is 17.0 Å². The van der Waals surface area contributed by atoms with Crippen molar-refractivity contribution in [2.24, 2.45) is 0 Å². The van der Waals surface area contributed by atoms with E-state index in [-0.39, 0.29) is 17.5 Å². The van der Waals surface area contributed by atoms with Gasteiger partial charge in [0.25, 0.3) is 0 Å². The molecule has 0 saturated heterocycles. The Morgan fingerprint density at radius 3 is 2.35 bits per heavy atom. The summed E-state index contributed by atoms with van der Waals surface area (Å²) in [4.78, 5) is 15.7. The highest BCUT2D eigenvalue weighted by Gasteiger charge is 2.30. The molecule has 0 radical (unpaired) electrons. The van der Waals surface area contributed by atoms with Gasteiger partial charge in [0.1, 0.15) is 0 Å². The molecular weight excluding hydrogens is 380 g/mol. The Morgan fingerprint density at radius 1 is 0.935 bits per heavy atom. The Kier molecular flexibility index (Phi) is 6.69. The molecule has 2 aliphatic carbocycles. The number of aryl methyl sites for hydroxylation is 1. The summed E-state index contributed by atoms with van der Waals surface area (Å²) in [6, 6.07) is 18.1. The van der Waals surface area contributed by atoms with Gasteiger partial charge in [0.05, 0.1) is 6.04 Å². The number of amides is 2. The summed E-state index contributed by atoms with van der Waals surface area (Å²) >= 11 is 0. The normalized spacial score (nSPS) is 19.5. The van der Waals surface area contributed by atoms with Gasteiger partial charge in [-0.05, 0) is 59.8 Å². The molecule has 0 bridgehead atoms. The number of carbonyl (C=O) groups is 1. The number of rotatable bonds is 4. The van der Waals surface area contributed by atoms with E-state index < -0.39 is 0 Å². The van der Waals surface area contributed by atoms with Crippen LogP contribution in [0.5, 0.6) is 0 Å². The lowest BCUT2D eigenvalue weighted by molar-refractivity contribution is 0.156. The molecular formula is C28H38N2O. The van der Waals surface area contributed by atoms with Crippen LogP contribution >= 0.6 is 0 Å². The van der Waals surface area contributed by atoms with Crippen LogP contribution in [-0.2, 0) is 18.4 Å². The molecule has 1 unspecified atom stereocenters. The van der Waals surface area contributed by atoms with Crippen LogP contribution in [0, 0.1) is 0 Å². The van der Waals surface area contributed by atoms with Crippen LogP contribution in [0.15, 0.2) is 48.5 Å². The lowest BCUT2D eigenvalue weighted by Crippen LogP contribution is -2.47. The lowest BCUT2D eigenvalue weighted by atomic mass is 9.86. The van der Waals surface area contributed by atoms with Crippen molar-refractivity contribution in [1.82, 2.24) is 10.2 Å². The number of urea groups is 1. The van der Waals surface area contributed by atoms with Gasteiger partial charge in [0.2, 0.25) is 0 Å². The van der Waals surface area contributed by atoms with Gasteiger partial charge < -0.3 is 10.2 Å². The fraction of sp³-hybridized carbons (Fsp3) is 0.536. The van der Waals surface area contributed by atoms with E-state index in [1.807, 2.05) is 0 Å². The maximum Gasteiger partial charge on any atom is 0.318 e. The van der Waals surface area contributed by atoms with Crippen LogP contribution < -0.4 is 5.32 Å². The Balaban J connectivity index is 1.59. The Hall–Kier alpha value is -2.29. The van der Waals surface area contributed by atoms with Gasteiger partial charge in [-0.25, -0.2) is 4.79 Å². The second kappa shape index (κ2) is 9.46. The summed E-state index contributed by atoms with van der Waals surface area (Å²) in [5.41, 5.74) is 5.40. The molecule has 0 aromatic heterocycles. The molecule has 31 heavy (non-hydrogen) atoms. The molecule has 0 aliphatic heterocycles. The van der Waals surface area contributed by atoms with Crippen molar-refractivity contribution in [3.8, 4) is 0 Å². The summed E-state index contributed by atoms with van der Waals surface area (Å²) in [7, 11) is 0. The van der Waals surface area contributed by atoms with Gasteiger partial charge in [0.15, 0.2) is 0 Å². The minimum absolute atomic E-state index is 0.105. The monoisotopic (exact) mass is 418 g/mol. The molecule has 0 heterocycles. The molecule has 2 aromatic rings. The zero-order chi connectivity index (χ0) is 21.8. The Labute approximate surface area is 188 Å². The third-order valence-electron chi connectivity index (χ3n) is 7.08. The van der Waals surface area contributed by atoms with E-state index in [9.17, 15) is 4.79 Å². The fourth-order valence-electron chi connectivity index (χ4n) is 5.19. The summed E-state index contributed by atoms with van der Waals surface area (Å²) in [6.07, 6.45) is 9.27. The maximum atomic E-state index is 13.6. The highest BCUT2D eigenvalue weighted by molar-refractivity contribution is 5.75. The number of carbonyl (C=O) groups excluding carboxylic acids is 1. The third-order valence-corrected chi connectivity index (χ3v) is 7.08. The van der Waals surface area contributed by atoms with Crippen LogP contribution in [0.25, 0.3) is 0 Å². The largest absolute Gasteiger partial charge is 0.335 e. The Morgan fingerprint density at radius 2 is 1.65 bits per heavy atom. The first-order chi connectivity index (χ1) is 14.9. The van der Waals surface area contributed by atoms with E-state index in [4.69, 9.17) is 0 Å². The number of hydrogen-bond acceptors (Lipinski definition) is 1. The smallest absolute Gasteiger partial charge is 0.318 e. The minimum Gasteiger partial charge on any atom is -0.335 e. The molecule has 1 atom stereocenters. The first-order valence-corrected chi connectivity index (χ1v) is 12.2. The molecule has 2 amide bonds. The zero-order valence-electron chi connectivity index (χ0n) is 19.5. The van der Waals surface area contributed by atoms with Crippen LogP contribution in [0.1, 0.15) is 94.0 Å². The zero-order valence-corrected chi connectivity index (χ0v) is 19.5. The third kappa shape index (κ3) is 5.31. The first-order valence-electron chi connectivity index (χ1n) is 12.2. The molecule has 1 fully saturated rings. The molecule has 2 aromatic carbocycles. The quantitative estimate of drug-likeness (QED) is 0.575. The molecule has 4 rings (SSSR count). The van der Waals surface area contributed by atoms with Gasteiger partial charge in [-0.1, -0.05) is 88.6 Å². The van der Waals surface area contributed by atoms with Crippen molar-refractivity contribution in [1.29, 1.82) is 0 Å². The highest BCUT2D eigenvalue weighted by Crippen LogP contribution is 2.35. The van der Waals surface area contributed by atoms with Crippen molar-refractivity contribution >= 4 is 6.03 Å². The summed E-state index contributed by atoms with van der Waals surface area (Å²) < 4.78 is 0. The standard InChI is InChI=1S/C28H38N2O/c1-28(2,3)23-18-16-21(17-19-23)20-30(27(31)29-24-12-5-4-6-13-24)26-15-9-11-22-10-7-8-14-25(22)26/h7-8,10,14,16-19,24,26H,4-6,9,11-13,15,20H2,1-3H3,(H,29,31). The summed E-state index contributed by atoms with van der Waals surface area (Å²) in [5.74, 6) is 0. The van der Waals surface area contributed by atoms with E-state index in [0.717, 1.165) is 32.1 Å². The number of benzene rings is 2. The van der Waals surface area contributed by atoms with Crippen LogP contribution in [0.3, 0.4) is 0 Å². The Bertz CT molecular complexity index is 875. The predicted molar refractivity (Wildman–Crippen MR) is 128 cm³/mol. The minimum atomic E-state index is 0.105. The van der Waals surface area contributed by atoms with Crippen molar-refractivity contribution < 1.29 is 4.79 Å². The summed E-state index contributed by atoms with van der Waals surface area (Å²) in [6.45, 7) is 7.38. The van der Waals surface area contributed by atoms with Gasteiger partial charge in [0, 0.05) is 12.6 Å². The molecule has 3 nitrogen and oxygen atoms in total. The molecule has 166 valence electrons. The number of hydrogen-bond donors (Lipinski definition) is 1. The van der Waals surface area contributed by atoms with E-state index in [0.29, 0.717) is 12.6 Å². The number of fused-ring (bicyclic) bond motifs is 1. The van der Waals surface area contributed by atoms with E-state index in [1.165, 1.54) is 41.5 Å². The van der Waals surface area contributed by atoms with Gasteiger partial charge >= 0.3 is 6.03 Å². The molecule has 2 aliphatic rings. The SMILES string of the molecule is CC(C)(C)c1ccc(CN(C(=O)NC2CCCCC2)C2CCCc3ccccc32)cc1. The van der Waals surface area contributed by atoms with Gasteiger partial charge in [-0.15, -0.1) is 0 Å². The molecule has 1 N–H and O–H groups in total. The molecule has 1 saturated carbocycles. The predicted octanol–water partition coefficient (Wildman–Crippen LogP) is 6.91. The van der Waals surface area contributed by atoms with E-state index in [1.54, 1.807) is 0 Å². The first kappa shape index (κ1) is 21.9. The average molecular weight is 419 g/mol. The maximum absolute atomic E-state index is 13.6. The van der Waals surface area contributed by atoms with Crippen LogP contribution in [0.2, 0.25) is 0 Å². The van der Waals surface area contributed by atoms with E-state index in [2.05, 4.69) is 79.5 Å². The fourth-order valence-corrected chi connectivity index (χ4v) is 5.19. The number of nitrogens with zero attached hydrogens (tertiary/aromatic N) is 1.